The van der Waals surface area contributed by atoms with Gasteiger partial charge < -0.3 is 14.8 Å². The van der Waals surface area contributed by atoms with Gasteiger partial charge in [-0.2, -0.15) is 0 Å². The molecule has 1 aromatic carbocycles. The summed E-state index contributed by atoms with van der Waals surface area (Å²) in [5.41, 5.74) is 1.34. The van der Waals surface area contributed by atoms with Crippen LogP contribution >= 0.6 is 0 Å². The van der Waals surface area contributed by atoms with Gasteiger partial charge in [0, 0.05) is 31.5 Å². The van der Waals surface area contributed by atoms with Gasteiger partial charge in [-0.3, -0.25) is 0 Å². The second kappa shape index (κ2) is 7.22. The fraction of sp³-hybridized carbons (Fsp3) is 0.438. The fourth-order valence-corrected chi connectivity index (χ4v) is 2.39. The maximum absolute atomic E-state index is 4.39. The van der Waals surface area contributed by atoms with Crippen LogP contribution in [0.25, 0.3) is 0 Å². The Hall–Kier alpha value is -1.65. The summed E-state index contributed by atoms with van der Waals surface area (Å²) in [6.45, 7) is 4.82. The van der Waals surface area contributed by atoms with Crippen LogP contribution in [0.1, 0.15) is 24.4 Å². The number of rotatable bonds is 7. The maximum Gasteiger partial charge on any atom is 0.122 e. The van der Waals surface area contributed by atoms with Gasteiger partial charge in [0.05, 0.1) is 6.54 Å². The van der Waals surface area contributed by atoms with Gasteiger partial charge in [0.1, 0.15) is 5.82 Å². The zero-order chi connectivity index (χ0) is 14.4. The van der Waals surface area contributed by atoms with E-state index in [9.17, 15) is 0 Å². The largest absolute Gasteiger partial charge is 0.334 e. The third-order valence-electron chi connectivity index (χ3n) is 3.57. The summed E-state index contributed by atoms with van der Waals surface area (Å²) in [5.74, 6) is 1.10. The summed E-state index contributed by atoms with van der Waals surface area (Å²) in [7, 11) is 4.23. The molecule has 0 fully saturated rings. The van der Waals surface area contributed by atoms with Crippen molar-refractivity contribution in [3.63, 3.8) is 0 Å². The van der Waals surface area contributed by atoms with E-state index >= 15 is 0 Å². The van der Waals surface area contributed by atoms with Gasteiger partial charge in [-0.05, 0) is 26.6 Å². The summed E-state index contributed by atoms with van der Waals surface area (Å²) >= 11 is 0. The first-order valence-corrected chi connectivity index (χ1v) is 7.14. The fourth-order valence-electron chi connectivity index (χ4n) is 2.39. The van der Waals surface area contributed by atoms with Crippen LogP contribution in [-0.4, -0.2) is 35.1 Å². The van der Waals surface area contributed by atoms with Crippen molar-refractivity contribution in [2.75, 3.05) is 20.6 Å². The van der Waals surface area contributed by atoms with Crippen LogP contribution in [0.5, 0.6) is 0 Å². The molecule has 0 saturated carbocycles. The number of hydrogen-bond donors (Lipinski definition) is 1. The van der Waals surface area contributed by atoms with Gasteiger partial charge in [-0.25, -0.2) is 4.98 Å². The van der Waals surface area contributed by atoms with Crippen molar-refractivity contribution in [2.45, 2.75) is 26.1 Å². The molecule has 108 valence electrons. The Balaban J connectivity index is 1.94. The maximum atomic E-state index is 4.39. The second-order valence-electron chi connectivity index (χ2n) is 5.15. The van der Waals surface area contributed by atoms with Crippen molar-refractivity contribution in [3.8, 4) is 0 Å². The lowest BCUT2D eigenvalue weighted by Crippen LogP contribution is -2.31. The minimum absolute atomic E-state index is 0.376. The Morgan fingerprint density at radius 2 is 2.00 bits per heavy atom. The lowest BCUT2D eigenvalue weighted by atomic mass is 10.1. The minimum atomic E-state index is 0.376. The lowest BCUT2D eigenvalue weighted by Gasteiger charge is -2.25. The molecule has 2 rings (SSSR count). The van der Waals surface area contributed by atoms with Crippen molar-refractivity contribution >= 4 is 0 Å². The number of aryl methyl sites for hydroxylation is 1. The topological polar surface area (TPSA) is 33.1 Å². The summed E-state index contributed by atoms with van der Waals surface area (Å²) in [5, 5.41) is 3.52. The predicted molar refractivity (Wildman–Crippen MR) is 82.5 cm³/mol. The molecule has 20 heavy (non-hydrogen) atoms. The van der Waals surface area contributed by atoms with Gasteiger partial charge in [0.25, 0.3) is 0 Å². The van der Waals surface area contributed by atoms with Gasteiger partial charge in [0.15, 0.2) is 0 Å². The Bertz CT molecular complexity index is 504. The number of aromatic nitrogens is 2. The van der Waals surface area contributed by atoms with Crippen LogP contribution in [-0.2, 0) is 13.1 Å². The lowest BCUT2D eigenvalue weighted by molar-refractivity contribution is 0.287. The zero-order valence-corrected chi connectivity index (χ0v) is 12.6. The Morgan fingerprint density at radius 1 is 1.25 bits per heavy atom. The standard InChI is InChI=1S/C16H24N4/c1-4-20-11-10-18-16(20)13-17-12-15(19(2)3)14-8-6-5-7-9-14/h5-11,15,17H,4,12-13H2,1-3H3. The molecule has 4 heteroatoms. The first kappa shape index (κ1) is 14.8. The quantitative estimate of drug-likeness (QED) is 0.839. The second-order valence-corrected chi connectivity index (χ2v) is 5.15. The van der Waals surface area contributed by atoms with E-state index in [0.717, 1.165) is 25.5 Å². The van der Waals surface area contributed by atoms with Gasteiger partial charge in [0.2, 0.25) is 0 Å². The van der Waals surface area contributed by atoms with Crippen LogP contribution in [0.3, 0.4) is 0 Å². The van der Waals surface area contributed by atoms with Crippen LogP contribution in [0, 0.1) is 0 Å². The smallest absolute Gasteiger partial charge is 0.122 e. The number of imidazole rings is 1. The van der Waals surface area contributed by atoms with E-state index in [0.29, 0.717) is 6.04 Å². The number of benzene rings is 1. The van der Waals surface area contributed by atoms with E-state index < -0.39 is 0 Å². The molecule has 2 aromatic rings. The zero-order valence-electron chi connectivity index (χ0n) is 12.6. The van der Waals surface area contributed by atoms with Crippen LogP contribution in [0.15, 0.2) is 42.7 Å². The third-order valence-corrected chi connectivity index (χ3v) is 3.57. The molecule has 0 aliphatic heterocycles. The van der Waals surface area contributed by atoms with Crippen molar-refractivity contribution in [1.82, 2.24) is 19.8 Å². The van der Waals surface area contributed by atoms with Gasteiger partial charge >= 0.3 is 0 Å². The van der Waals surface area contributed by atoms with Crippen LogP contribution < -0.4 is 5.32 Å². The van der Waals surface area contributed by atoms with E-state index in [1.165, 1.54) is 5.56 Å². The number of nitrogens with one attached hydrogen (secondary N) is 1. The van der Waals surface area contributed by atoms with Gasteiger partial charge in [-0.15, -0.1) is 0 Å². The summed E-state index contributed by atoms with van der Waals surface area (Å²) < 4.78 is 2.17. The van der Waals surface area contributed by atoms with Gasteiger partial charge in [-0.1, -0.05) is 30.3 Å². The molecule has 0 saturated heterocycles. The number of nitrogens with zero attached hydrogens (tertiary/aromatic N) is 3. The Labute approximate surface area is 121 Å². The molecule has 0 amide bonds. The van der Waals surface area contributed by atoms with E-state index in [1.807, 2.05) is 12.4 Å². The summed E-state index contributed by atoms with van der Waals surface area (Å²) in [6, 6.07) is 11.0. The summed E-state index contributed by atoms with van der Waals surface area (Å²) in [4.78, 5) is 6.63. The molecule has 1 unspecified atom stereocenters. The van der Waals surface area contributed by atoms with Crippen molar-refractivity contribution in [1.29, 1.82) is 0 Å². The van der Waals surface area contributed by atoms with E-state index in [2.05, 4.69) is 71.1 Å². The molecule has 0 spiro atoms. The number of likely N-dealkylation sites (N-methyl/N-ethyl adjacent to an activating group) is 1. The monoisotopic (exact) mass is 272 g/mol. The molecule has 0 bridgehead atoms. The molecule has 4 nitrogen and oxygen atoms in total. The Kier molecular flexibility index (Phi) is 5.32. The average Bonchev–Trinajstić information content (AvgIpc) is 2.91. The highest BCUT2D eigenvalue weighted by Gasteiger charge is 2.13. The highest BCUT2D eigenvalue weighted by atomic mass is 15.1. The first-order chi connectivity index (χ1) is 9.72. The molecule has 0 radical (unpaired) electrons. The third kappa shape index (κ3) is 3.68. The molecule has 0 aliphatic carbocycles. The number of hydrogen-bond acceptors (Lipinski definition) is 3. The Morgan fingerprint density at radius 3 is 2.65 bits per heavy atom. The van der Waals surface area contributed by atoms with E-state index in [-0.39, 0.29) is 0 Å². The van der Waals surface area contributed by atoms with Crippen molar-refractivity contribution in [3.05, 3.63) is 54.1 Å². The molecule has 1 heterocycles. The SMILES string of the molecule is CCn1ccnc1CNCC(c1ccccc1)N(C)C. The summed E-state index contributed by atoms with van der Waals surface area (Å²) in [6.07, 6.45) is 3.89. The van der Waals surface area contributed by atoms with Crippen LogP contribution in [0.2, 0.25) is 0 Å². The predicted octanol–water partition coefficient (Wildman–Crippen LogP) is 2.30. The first-order valence-electron chi connectivity index (χ1n) is 7.14. The molecule has 1 N–H and O–H groups in total. The van der Waals surface area contributed by atoms with Crippen molar-refractivity contribution < 1.29 is 0 Å². The van der Waals surface area contributed by atoms with E-state index in [1.54, 1.807) is 0 Å². The molecule has 0 aliphatic rings. The highest BCUT2D eigenvalue weighted by Crippen LogP contribution is 2.16. The molecular weight excluding hydrogens is 248 g/mol. The normalized spacial score (nSPS) is 12.8. The minimum Gasteiger partial charge on any atom is -0.334 e. The average molecular weight is 272 g/mol. The van der Waals surface area contributed by atoms with Crippen molar-refractivity contribution in [2.24, 2.45) is 0 Å². The van der Waals surface area contributed by atoms with Crippen LogP contribution in [0.4, 0.5) is 0 Å². The molecular formula is C16H24N4. The molecule has 1 aromatic heterocycles. The highest BCUT2D eigenvalue weighted by molar-refractivity contribution is 5.19. The van der Waals surface area contributed by atoms with E-state index in [4.69, 9.17) is 0 Å². The molecule has 1 atom stereocenters.